The molecule has 0 saturated heterocycles. The molecule has 2 aromatic rings. The summed E-state index contributed by atoms with van der Waals surface area (Å²) in [6.45, 7) is 2.58. The van der Waals surface area contributed by atoms with Crippen LogP contribution in [-0.2, 0) is 17.2 Å². The summed E-state index contributed by atoms with van der Waals surface area (Å²) in [7, 11) is 0. The van der Waals surface area contributed by atoms with Gasteiger partial charge in [0.05, 0.1) is 5.88 Å². The van der Waals surface area contributed by atoms with Gasteiger partial charge < -0.3 is 9.30 Å². The highest BCUT2D eigenvalue weighted by Gasteiger charge is 2.20. The van der Waals surface area contributed by atoms with Crippen LogP contribution in [0, 0.1) is 5.92 Å². The molecule has 1 aliphatic carbocycles. The smallest absolute Gasteiger partial charge is 0.160 e. The zero-order valence-corrected chi connectivity index (χ0v) is 11.6. The van der Waals surface area contributed by atoms with Crippen LogP contribution in [0.4, 0.5) is 0 Å². The molecule has 0 spiro atoms. The van der Waals surface area contributed by atoms with Gasteiger partial charge in [-0.15, -0.1) is 11.6 Å². The Morgan fingerprint density at radius 1 is 1.42 bits per heavy atom. The molecule has 0 bridgehead atoms. The minimum atomic E-state index is 0.416. The van der Waals surface area contributed by atoms with Gasteiger partial charge in [-0.25, -0.2) is 9.97 Å². The summed E-state index contributed by atoms with van der Waals surface area (Å²) in [5.74, 6) is 2.13. The number of rotatable bonds is 7. The zero-order chi connectivity index (χ0) is 13.1. The van der Waals surface area contributed by atoms with Crippen molar-refractivity contribution in [1.82, 2.24) is 14.5 Å². The Balaban J connectivity index is 1.61. The normalized spacial score (nSPS) is 15.2. The first-order valence-corrected chi connectivity index (χ1v) is 7.36. The summed E-state index contributed by atoms with van der Waals surface area (Å²) in [6.07, 6.45) is 5.44. The van der Waals surface area contributed by atoms with E-state index < -0.39 is 0 Å². The highest BCUT2D eigenvalue weighted by atomic mass is 35.5. The molecule has 1 aliphatic rings. The van der Waals surface area contributed by atoms with Crippen LogP contribution in [0.15, 0.2) is 18.3 Å². The maximum atomic E-state index is 5.95. The van der Waals surface area contributed by atoms with E-state index in [0.717, 1.165) is 49.1 Å². The molecule has 0 atom stereocenters. The van der Waals surface area contributed by atoms with E-state index in [1.165, 1.54) is 12.8 Å². The third kappa shape index (κ3) is 3.07. The Bertz CT molecular complexity index is 551. The Morgan fingerprint density at radius 3 is 3.11 bits per heavy atom. The summed E-state index contributed by atoms with van der Waals surface area (Å²) in [5, 5.41) is 0. The number of pyridine rings is 1. The fourth-order valence-corrected chi connectivity index (χ4v) is 2.41. The molecule has 0 N–H and O–H groups in total. The molecule has 5 heteroatoms. The van der Waals surface area contributed by atoms with Gasteiger partial charge in [-0.3, -0.25) is 0 Å². The van der Waals surface area contributed by atoms with Gasteiger partial charge in [0.25, 0.3) is 0 Å². The first-order valence-electron chi connectivity index (χ1n) is 6.82. The molecule has 0 amide bonds. The Kier molecular flexibility index (Phi) is 3.99. The molecule has 2 heterocycles. The molecule has 2 aromatic heterocycles. The van der Waals surface area contributed by atoms with Crippen LogP contribution in [0.25, 0.3) is 11.2 Å². The van der Waals surface area contributed by atoms with Crippen LogP contribution < -0.4 is 0 Å². The monoisotopic (exact) mass is 279 g/mol. The van der Waals surface area contributed by atoms with Crippen molar-refractivity contribution in [2.75, 3.05) is 13.2 Å². The highest BCUT2D eigenvalue weighted by molar-refractivity contribution is 6.16. The van der Waals surface area contributed by atoms with Crippen molar-refractivity contribution < 1.29 is 4.74 Å². The van der Waals surface area contributed by atoms with E-state index in [1.807, 2.05) is 12.1 Å². The predicted molar refractivity (Wildman–Crippen MR) is 75.2 cm³/mol. The number of halogens is 1. The molecule has 0 unspecified atom stereocenters. The Labute approximate surface area is 117 Å². The molecule has 102 valence electrons. The van der Waals surface area contributed by atoms with Gasteiger partial charge in [0.15, 0.2) is 5.65 Å². The minimum Gasteiger partial charge on any atom is -0.381 e. The molecule has 4 nitrogen and oxygen atoms in total. The van der Waals surface area contributed by atoms with Gasteiger partial charge in [-0.2, -0.15) is 0 Å². The van der Waals surface area contributed by atoms with Gasteiger partial charge in [-0.05, 0) is 37.3 Å². The lowest BCUT2D eigenvalue weighted by Crippen LogP contribution is -2.07. The van der Waals surface area contributed by atoms with E-state index in [0.29, 0.717) is 5.88 Å². The van der Waals surface area contributed by atoms with Crippen LogP contribution in [0.5, 0.6) is 0 Å². The summed E-state index contributed by atoms with van der Waals surface area (Å²) in [5.41, 5.74) is 1.83. The van der Waals surface area contributed by atoms with Crippen molar-refractivity contribution in [3.63, 3.8) is 0 Å². The van der Waals surface area contributed by atoms with E-state index in [-0.39, 0.29) is 0 Å². The maximum absolute atomic E-state index is 5.95. The number of alkyl halides is 1. The first kappa shape index (κ1) is 12.9. The zero-order valence-electron chi connectivity index (χ0n) is 10.9. The molecule has 0 aromatic carbocycles. The van der Waals surface area contributed by atoms with E-state index in [1.54, 1.807) is 6.20 Å². The second-order valence-electron chi connectivity index (χ2n) is 5.03. The largest absolute Gasteiger partial charge is 0.381 e. The molecule has 0 aliphatic heterocycles. The van der Waals surface area contributed by atoms with E-state index in [9.17, 15) is 0 Å². The SMILES string of the molecule is ClCc1nc2cccnc2n1CCCOCC1CC1. The van der Waals surface area contributed by atoms with Crippen molar-refractivity contribution >= 4 is 22.8 Å². The lowest BCUT2D eigenvalue weighted by Gasteiger charge is -2.07. The number of aromatic nitrogens is 3. The van der Waals surface area contributed by atoms with Crippen molar-refractivity contribution in [3.05, 3.63) is 24.2 Å². The molecule has 19 heavy (non-hydrogen) atoms. The molecular formula is C14H18ClN3O. The number of fused-ring (bicyclic) bond motifs is 1. The van der Waals surface area contributed by atoms with Crippen molar-refractivity contribution in [2.45, 2.75) is 31.7 Å². The van der Waals surface area contributed by atoms with Gasteiger partial charge in [0.2, 0.25) is 0 Å². The maximum Gasteiger partial charge on any atom is 0.160 e. The number of nitrogens with zero attached hydrogens (tertiary/aromatic N) is 3. The average molecular weight is 280 g/mol. The van der Waals surface area contributed by atoms with E-state index >= 15 is 0 Å². The summed E-state index contributed by atoms with van der Waals surface area (Å²) in [4.78, 5) is 8.88. The molecule has 0 radical (unpaired) electrons. The standard InChI is InChI=1S/C14H18ClN3O/c15-9-13-17-12-3-1-6-16-14(12)18(13)7-2-8-19-10-11-4-5-11/h1,3,6,11H,2,4-5,7-10H2. The number of hydrogen-bond acceptors (Lipinski definition) is 3. The number of ether oxygens (including phenoxy) is 1. The van der Waals surface area contributed by atoms with E-state index in [2.05, 4.69) is 14.5 Å². The van der Waals surface area contributed by atoms with Gasteiger partial charge in [0, 0.05) is 26.0 Å². The fraction of sp³-hybridized carbons (Fsp3) is 0.571. The van der Waals surface area contributed by atoms with Crippen LogP contribution in [0.1, 0.15) is 25.1 Å². The summed E-state index contributed by atoms with van der Waals surface area (Å²) >= 11 is 5.95. The molecule has 1 saturated carbocycles. The number of aryl methyl sites for hydroxylation is 1. The van der Waals surface area contributed by atoms with Crippen LogP contribution >= 0.6 is 11.6 Å². The van der Waals surface area contributed by atoms with Crippen LogP contribution in [-0.4, -0.2) is 27.7 Å². The number of hydrogen-bond donors (Lipinski definition) is 0. The predicted octanol–water partition coefficient (Wildman–Crippen LogP) is 2.99. The topological polar surface area (TPSA) is 39.9 Å². The third-order valence-electron chi connectivity index (χ3n) is 3.42. The van der Waals surface area contributed by atoms with E-state index in [4.69, 9.17) is 16.3 Å². The minimum absolute atomic E-state index is 0.416. The summed E-state index contributed by atoms with van der Waals surface area (Å²) < 4.78 is 7.75. The van der Waals surface area contributed by atoms with Gasteiger partial charge >= 0.3 is 0 Å². The fourth-order valence-electron chi connectivity index (χ4n) is 2.20. The molecular weight excluding hydrogens is 262 g/mol. The van der Waals surface area contributed by atoms with Gasteiger partial charge in [-0.1, -0.05) is 0 Å². The Hall–Kier alpha value is -1.13. The number of imidazole rings is 1. The highest BCUT2D eigenvalue weighted by Crippen LogP contribution is 2.28. The van der Waals surface area contributed by atoms with Gasteiger partial charge in [0.1, 0.15) is 11.3 Å². The second-order valence-corrected chi connectivity index (χ2v) is 5.30. The summed E-state index contributed by atoms with van der Waals surface area (Å²) in [6, 6.07) is 3.87. The van der Waals surface area contributed by atoms with Crippen LogP contribution in [0.3, 0.4) is 0 Å². The van der Waals surface area contributed by atoms with Crippen molar-refractivity contribution in [1.29, 1.82) is 0 Å². The first-order chi connectivity index (χ1) is 9.38. The third-order valence-corrected chi connectivity index (χ3v) is 3.66. The second kappa shape index (κ2) is 5.88. The quantitative estimate of drug-likeness (QED) is 0.578. The average Bonchev–Trinajstić information content (AvgIpc) is 3.19. The molecule has 3 rings (SSSR count). The lowest BCUT2D eigenvalue weighted by atomic mass is 10.4. The van der Waals surface area contributed by atoms with Crippen molar-refractivity contribution in [3.8, 4) is 0 Å². The van der Waals surface area contributed by atoms with Crippen molar-refractivity contribution in [2.24, 2.45) is 5.92 Å². The molecule has 1 fully saturated rings. The lowest BCUT2D eigenvalue weighted by molar-refractivity contribution is 0.119. The Morgan fingerprint density at radius 2 is 2.32 bits per heavy atom. The van der Waals surface area contributed by atoms with Crippen LogP contribution in [0.2, 0.25) is 0 Å².